The van der Waals surface area contributed by atoms with Crippen molar-refractivity contribution in [2.45, 2.75) is 13.0 Å². The van der Waals surface area contributed by atoms with E-state index >= 15 is 0 Å². The summed E-state index contributed by atoms with van der Waals surface area (Å²) < 4.78 is 1.04. The molecule has 1 amide bonds. The molecule has 90 valence electrons. The van der Waals surface area contributed by atoms with Crippen LogP contribution in [-0.2, 0) is 4.79 Å². The molecule has 0 heterocycles. The number of nitrogens with one attached hydrogen (secondary N) is 2. The largest absolute Gasteiger partial charge is 0.373 e. The van der Waals surface area contributed by atoms with Crippen LogP contribution in [0.15, 0.2) is 18.2 Å². The average molecular weight is 363 g/mol. The van der Waals surface area contributed by atoms with Crippen LogP contribution in [0, 0.1) is 15.9 Å². The highest BCUT2D eigenvalue weighted by Gasteiger charge is 2.12. The van der Waals surface area contributed by atoms with Gasteiger partial charge in [0.1, 0.15) is 6.04 Å². The molecule has 0 bridgehead atoms. The van der Waals surface area contributed by atoms with Crippen LogP contribution in [0.25, 0.3) is 0 Å². The summed E-state index contributed by atoms with van der Waals surface area (Å²) in [5.74, 6) is 2.19. The second-order valence-corrected chi connectivity index (χ2v) is 5.06. The highest BCUT2D eigenvalue weighted by molar-refractivity contribution is 14.1. The number of rotatable bonds is 4. The monoisotopic (exact) mass is 362 g/mol. The van der Waals surface area contributed by atoms with Gasteiger partial charge in [0, 0.05) is 3.57 Å². The Balaban J connectivity index is 2.65. The molecule has 1 atom stereocenters. The van der Waals surface area contributed by atoms with Gasteiger partial charge >= 0.3 is 0 Å². The average Bonchev–Trinajstić information content (AvgIpc) is 2.29. The van der Waals surface area contributed by atoms with Gasteiger partial charge in [-0.15, -0.1) is 6.42 Å². The fraction of sp³-hybridized carbons (Fsp3) is 0.250. The zero-order chi connectivity index (χ0) is 12.8. The maximum atomic E-state index is 11.6. The lowest BCUT2D eigenvalue weighted by Crippen LogP contribution is -2.37. The summed E-state index contributed by atoms with van der Waals surface area (Å²) >= 11 is 8.23. The van der Waals surface area contributed by atoms with Gasteiger partial charge in [-0.25, -0.2) is 0 Å². The van der Waals surface area contributed by atoms with Crippen molar-refractivity contribution in [2.75, 3.05) is 11.9 Å². The van der Waals surface area contributed by atoms with Crippen LogP contribution in [-0.4, -0.2) is 18.5 Å². The molecule has 0 aliphatic heterocycles. The number of amides is 1. The Hall–Kier alpha value is -0.930. The number of hydrogen-bond acceptors (Lipinski definition) is 2. The maximum absolute atomic E-state index is 11.6. The second kappa shape index (κ2) is 6.72. The highest BCUT2D eigenvalue weighted by Crippen LogP contribution is 2.24. The molecule has 0 aliphatic carbocycles. The van der Waals surface area contributed by atoms with Crippen molar-refractivity contribution >= 4 is 45.8 Å². The van der Waals surface area contributed by atoms with E-state index in [0.717, 1.165) is 9.26 Å². The van der Waals surface area contributed by atoms with Crippen LogP contribution < -0.4 is 10.6 Å². The molecule has 0 spiro atoms. The first-order valence-corrected chi connectivity index (χ1v) is 6.43. The van der Waals surface area contributed by atoms with Crippen LogP contribution >= 0.6 is 34.2 Å². The molecule has 2 N–H and O–H groups in total. The molecule has 0 radical (unpaired) electrons. The van der Waals surface area contributed by atoms with Gasteiger partial charge < -0.3 is 10.6 Å². The first-order chi connectivity index (χ1) is 8.04. The Kier molecular flexibility index (Phi) is 5.59. The van der Waals surface area contributed by atoms with Gasteiger partial charge in [0.05, 0.1) is 17.3 Å². The van der Waals surface area contributed by atoms with E-state index in [0.29, 0.717) is 5.02 Å². The predicted octanol–water partition coefficient (Wildman–Crippen LogP) is 2.49. The molecule has 1 unspecified atom stereocenters. The standard InChI is InChI=1S/C12H12ClIN2O/c1-3-6-15-12(17)8(2)16-11-5-4-9(14)7-10(11)13/h1,4-5,7-8,16H,6H2,2H3,(H,15,17). The number of terminal acetylenes is 1. The first-order valence-electron chi connectivity index (χ1n) is 4.97. The Bertz CT molecular complexity index is 456. The molecule has 0 saturated carbocycles. The number of benzene rings is 1. The van der Waals surface area contributed by atoms with E-state index in [1.54, 1.807) is 6.92 Å². The zero-order valence-corrected chi connectivity index (χ0v) is 12.2. The third-order valence-electron chi connectivity index (χ3n) is 2.06. The summed E-state index contributed by atoms with van der Waals surface area (Å²) in [4.78, 5) is 11.6. The molecule has 5 heteroatoms. The van der Waals surface area contributed by atoms with Crippen LogP contribution in [0.3, 0.4) is 0 Å². The SMILES string of the molecule is C#CCNC(=O)C(C)Nc1ccc(I)cc1Cl. The van der Waals surface area contributed by atoms with E-state index in [1.807, 2.05) is 18.2 Å². The van der Waals surface area contributed by atoms with Gasteiger partial charge in [-0.05, 0) is 47.7 Å². The minimum absolute atomic E-state index is 0.155. The Morgan fingerprint density at radius 3 is 2.94 bits per heavy atom. The van der Waals surface area contributed by atoms with E-state index in [1.165, 1.54) is 0 Å². The normalized spacial score (nSPS) is 11.4. The quantitative estimate of drug-likeness (QED) is 0.638. The zero-order valence-electron chi connectivity index (χ0n) is 9.26. The molecule has 0 saturated heterocycles. The van der Waals surface area contributed by atoms with Gasteiger partial charge in [-0.3, -0.25) is 4.79 Å². The maximum Gasteiger partial charge on any atom is 0.242 e. The molecule has 0 aliphatic rings. The Morgan fingerprint density at radius 1 is 1.65 bits per heavy atom. The fourth-order valence-electron chi connectivity index (χ4n) is 1.20. The van der Waals surface area contributed by atoms with E-state index in [-0.39, 0.29) is 18.5 Å². The number of hydrogen-bond donors (Lipinski definition) is 2. The van der Waals surface area contributed by atoms with E-state index in [9.17, 15) is 4.79 Å². The van der Waals surface area contributed by atoms with Crippen molar-refractivity contribution in [2.24, 2.45) is 0 Å². The molecular formula is C12H12ClIN2O. The molecule has 0 fully saturated rings. The molecule has 1 aromatic rings. The molecular weight excluding hydrogens is 351 g/mol. The van der Waals surface area contributed by atoms with Gasteiger partial charge in [0.2, 0.25) is 5.91 Å². The van der Waals surface area contributed by atoms with Gasteiger partial charge in [-0.1, -0.05) is 17.5 Å². The molecule has 17 heavy (non-hydrogen) atoms. The number of anilines is 1. The van der Waals surface area contributed by atoms with Crippen LogP contribution in [0.2, 0.25) is 5.02 Å². The van der Waals surface area contributed by atoms with Crippen molar-refractivity contribution in [3.05, 3.63) is 26.8 Å². The summed E-state index contributed by atoms with van der Waals surface area (Å²) in [5, 5.41) is 6.22. The van der Waals surface area contributed by atoms with Crippen molar-refractivity contribution in [3.8, 4) is 12.3 Å². The lowest BCUT2D eigenvalue weighted by Gasteiger charge is -2.15. The van der Waals surface area contributed by atoms with Gasteiger partial charge in [0.15, 0.2) is 0 Å². The minimum atomic E-state index is -0.388. The molecule has 1 aromatic carbocycles. The molecule has 0 aromatic heterocycles. The topological polar surface area (TPSA) is 41.1 Å². The molecule has 1 rings (SSSR count). The second-order valence-electron chi connectivity index (χ2n) is 3.41. The number of halogens is 2. The summed E-state index contributed by atoms with van der Waals surface area (Å²) in [6, 6.07) is 5.20. The van der Waals surface area contributed by atoms with Crippen molar-refractivity contribution in [1.29, 1.82) is 0 Å². The van der Waals surface area contributed by atoms with Crippen LogP contribution in [0.1, 0.15) is 6.92 Å². The summed E-state index contributed by atoms with van der Waals surface area (Å²) in [5.41, 5.74) is 0.732. The number of carbonyl (C=O) groups excluding carboxylic acids is 1. The smallest absolute Gasteiger partial charge is 0.242 e. The van der Waals surface area contributed by atoms with E-state index in [2.05, 4.69) is 39.1 Å². The predicted molar refractivity (Wildman–Crippen MR) is 79.1 cm³/mol. The first kappa shape index (κ1) is 14.1. The highest BCUT2D eigenvalue weighted by atomic mass is 127. The van der Waals surface area contributed by atoms with Crippen LogP contribution in [0.4, 0.5) is 5.69 Å². The Labute approximate surface area is 119 Å². The summed E-state index contributed by atoms with van der Waals surface area (Å²) in [6.07, 6.45) is 5.06. The Morgan fingerprint density at radius 2 is 2.35 bits per heavy atom. The summed E-state index contributed by atoms with van der Waals surface area (Å²) in [6.45, 7) is 1.98. The van der Waals surface area contributed by atoms with Crippen LogP contribution in [0.5, 0.6) is 0 Å². The molecule has 3 nitrogen and oxygen atoms in total. The third kappa shape index (κ3) is 4.44. The third-order valence-corrected chi connectivity index (χ3v) is 3.04. The van der Waals surface area contributed by atoms with Crippen molar-refractivity contribution < 1.29 is 4.79 Å². The van der Waals surface area contributed by atoms with Crippen molar-refractivity contribution in [3.63, 3.8) is 0 Å². The summed E-state index contributed by atoms with van der Waals surface area (Å²) in [7, 11) is 0. The van der Waals surface area contributed by atoms with Crippen molar-refractivity contribution in [1.82, 2.24) is 5.32 Å². The van der Waals surface area contributed by atoms with E-state index < -0.39 is 0 Å². The lowest BCUT2D eigenvalue weighted by atomic mass is 10.2. The van der Waals surface area contributed by atoms with Gasteiger partial charge in [0.25, 0.3) is 0 Å². The van der Waals surface area contributed by atoms with E-state index in [4.69, 9.17) is 18.0 Å². The lowest BCUT2D eigenvalue weighted by molar-refractivity contribution is -0.121. The minimum Gasteiger partial charge on any atom is -0.373 e. The fourth-order valence-corrected chi connectivity index (χ4v) is 2.11. The number of carbonyl (C=O) groups is 1. The van der Waals surface area contributed by atoms with Gasteiger partial charge in [-0.2, -0.15) is 0 Å².